The molecule has 7 nitrogen and oxygen atoms in total. The Bertz CT molecular complexity index is 981. The van der Waals surface area contributed by atoms with Crippen molar-refractivity contribution in [2.24, 2.45) is 0 Å². The van der Waals surface area contributed by atoms with Gasteiger partial charge in [0.25, 0.3) is 0 Å². The van der Waals surface area contributed by atoms with Gasteiger partial charge in [-0.2, -0.15) is 0 Å². The molecular weight excluding hydrogens is 347 g/mol. The molecule has 26 heavy (non-hydrogen) atoms. The SMILES string of the molecule is COc1c(C)c(C(=O)c2ccc(N)c(C(=O)[O-])c2)n2ccccc12.O.[Na+]. The van der Waals surface area contributed by atoms with Crippen LogP contribution in [0.4, 0.5) is 5.69 Å². The van der Waals surface area contributed by atoms with Gasteiger partial charge in [0.15, 0.2) is 0 Å². The average molecular weight is 364 g/mol. The Morgan fingerprint density at radius 1 is 1.19 bits per heavy atom. The first-order valence-electron chi connectivity index (χ1n) is 7.25. The maximum atomic E-state index is 13.0. The summed E-state index contributed by atoms with van der Waals surface area (Å²) in [5, 5.41) is 11.1. The second-order valence-corrected chi connectivity index (χ2v) is 5.38. The Balaban J connectivity index is 0.00000169. The zero-order chi connectivity index (χ0) is 17.4. The summed E-state index contributed by atoms with van der Waals surface area (Å²) in [6.07, 6.45) is 1.76. The number of methoxy groups -OCH3 is 1. The summed E-state index contributed by atoms with van der Waals surface area (Å²) in [6, 6.07) is 9.62. The Kier molecular flexibility index (Phi) is 7.00. The van der Waals surface area contributed by atoms with Crippen molar-refractivity contribution in [3.05, 3.63) is 65.0 Å². The van der Waals surface area contributed by atoms with Gasteiger partial charge >= 0.3 is 29.6 Å². The zero-order valence-corrected chi connectivity index (χ0v) is 16.7. The largest absolute Gasteiger partial charge is 1.00 e. The Morgan fingerprint density at radius 2 is 1.88 bits per heavy atom. The molecule has 0 fully saturated rings. The summed E-state index contributed by atoms with van der Waals surface area (Å²) in [7, 11) is 1.54. The van der Waals surface area contributed by atoms with Crippen LogP contribution >= 0.6 is 0 Å². The van der Waals surface area contributed by atoms with Crippen LogP contribution in [0.2, 0.25) is 0 Å². The fourth-order valence-electron chi connectivity index (χ4n) is 2.85. The zero-order valence-electron chi connectivity index (χ0n) is 14.7. The molecule has 130 valence electrons. The number of nitrogens with zero attached hydrogens (tertiary/aromatic N) is 1. The number of fused-ring (bicyclic) bond motifs is 1. The Hall–Kier alpha value is -2.32. The van der Waals surface area contributed by atoms with Crippen molar-refractivity contribution in [1.29, 1.82) is 0 Å². The van der Waals surface area contributed by atoms with Crippen LogP contribution in [0.15, 0.2) is 42.6 Å². The first kappa shape index (κ1) is 21.7. The van der Waals surface area contributed by atoms with Gasteiger partial charge in [-0.25, -0.2) is 0 Å². The molecule has 0 aliphatic rings. The molecule has 3 aromatic rings. The van der Waals surface area contributed by atoms with Crippen molar-refractivity contribution in [1.82, 2.24) is 4.40 Å². The first-order chi connectivity index (χ1) is 11.5. The molecule has 2 aromatic heterocycles. The van der Waals surface area contributed by atoms with E-state index in [-0.39, 0.29) is 57.6 Å². The van der Waals surface area contributed by atoms with Crippen LogP contribution in [0.5, 0.6) is 5.75 Å². The number of aromatic nitrogens is 1. The molecule has 1 aromatic carbocycles. The number of ketones is 1. The molecule has 4 N–H and O–H groups in total. The summed E-state index contributed by atoms with van der Waals surface area (Å²) in [5.41, 5.74) is 7.55. The van der Waals surface area contributed by atoms with Crippen LogP contribution in [0.3, 0.4) is 0 Å². The van der Waals surface area contributed by atoms with Gasteiger partial charge in [0.05, 0.1) is 18.6 Å². The van der Waals surface area contributed by atoms with Crippen molar-refractivity contribution >= 4 is 23.0 Å². The maximum Gasteiger partial charge on any atom is 1.00 e. The number of ether oxygens (including phenoxy) is 1. The molecule has 0 saturated heterocycles. The van der Waals surface area contributed by atoms with E-state index in [1.54, 1.807) is 30.7 Å². The second kappa shape index (κ2) is 8.37. The number of pyridine rings is 1. The van der Waals surface area contributed by atoms with Crippen LogP contribution < -0.4 is 45.1 Å². The van der Waals surface area contributed by atoms with Crippen molar-refractivity contribution in [3.8, 4) is 5.75 Å². The summed E-state index contributed by atoms with van der Waals surface area (Å²) in [5.74, 6) is -1.13. The minimum Gasteiger partial charge on any atom is -0.545 e. The molecule has 2 heterocycles. The van der Waals surface area contributed by atoms with Gasteiger partial charge in [-0.15, -0.1) is 0 Å². The second-order valence-electron chi connectivity index (χ2n) is 5.38. The number of benzene rings is 1. The molecule has 0 aliphatic heterocycles. The summed E-state index contributed by atoms with van der Waals surface area (Å²) >= 11 is 0. The van der Waals surface area contributed by atoms with Crippen LogP contribution in [0, 0.1) is 6.92 Å². The van der Waals surface area contributed by atoms with E-state index in [2.05, 4.69) is 0 Å². The molecule has 0 amide bonds. The minimum atomic E-state index is -1.42. The third-order valence-electron chi connectivity index (χ3n) is 3.98. The standard InChI is InChI=1S/C18H16N2O4.Na.H2O/c1-10-15(20-8-4-3-5-14(20)17(10)24-2)16(21)11-6-7-13(19)12(9-11)18(22)23;;/h3-9H,19H2,1-2H3,(H,22,23);;1H2/q;+1;/p-1. The quantitative estimate of drug-likeness (QED) is 0.314. The van der Waals surface area contributed by atoms with E-state index in [9.17, 15) is 14.7 Å². The van der Waals surface area contributed by atoms with E-state index < -0.39 is 5.97 Å². The van der Waals surface area contributed by atoms with E-state index >= 15 is 0 Å². The smallest absolute Gasteiger partial charge is 0.545 e. The van der Waals surface area contributed by atoms with E-state index in [0.29, 0.717) is 17.0 Å². The molecular formula is C18H17N2NaO5. The van der Waals surface area contributed by atoms with Crippen molar-refractivity contribution in [2.75, 3.05) is 12.8 Å². The van der Waals surface area contributed by atoms with E-state index in [1.165, 1.54) is 18.2 Å². The van der Waals surface area contributed by atoms with Gasteiger partial charge in [-0.05, 0) is 37.3 Å². The number of hydrogen-bond donors (Lipinski definition) is 1. The fraction of sp³-hybridized carbons (Fsp3) is 0.111. The van der Waals surface area contributed by atoms with Crippen LogP contribution in [-0.4, -0.2) is 28.7 Å². The molecule has 0 bridgehead atoms. The number of carbonyl (C=O) groups excluding carboxylic acids is 2. The van der Waals surface area contributed by atoms with E-state index in [4.69, 9.17) is 10.5 Å². The molecule has 8 heteroatoms. The van der Waals surface area contributed by atoms with Crippen molar-refractivity contribution < 1.29 is 54.5 Å². The Morgan fingerprint density at radius 3 is 2.50 bits per heavy atom. The molecule has 0 unspecified atom stereocenters. The first-order valence-corrected chi connectivity index (χ1v) is 7.25. The summed E-state index contributed by atoms with van der Waals surface area (Å²) in [4.78, 5) is 24.1. The van der Waals surface area contributed by atoms with E-state index in [1.807, 2.05) is 12.1 Å². The topological polar surface area (TPSA) is 128 Å². The number of nitrogens with two attached hydrogens (primary N) is 1. The monoisotopic (exact) mass is 364 g/mol. The minimum absolute atomic E-state index is 0. The van der Waals surface area contributed by atoms with Gasteiger partial charge < -0.3 is 30.2 Å². The maximum absolute atomic E-state index is 13.0. The number of carboxylic acid groups (broad SMARTS) is 1. The van der Waals surface area contributed by atoms with Gasteiger partial charge in [-0.1, -0.05) is 6.07 Å². The number of nitrogen functional groups attached to an aromatic ring is 1. The molecule has 0 aliphatic carbocycles. The number of anilines is 1. The number of carboxylic acids is 1. The van der Waals surface area contributed by atoms with Crippen LogP contribution in [0.25, 0.3) is 5.52 Å². The van der Waals surface area contributed by atoms with Gasteiger partial charge in [0, 0.05) is 28.6 Å². The van der Waals surface area contributed by atoms with Gasteiger partial charge in [-0.3, -0.25) is 4.79 Å². The number of aromatic carboxylic acids is 1. The number of carbonyl (C=O) groups is 2. The van der Waals surface area contributed by atoms with Crippen molar-refractivity contribution in [3.63, 3.8) is 0 Å². The van der Waals surface area contributed by atoms with E-state index in [0.717, 1.165) is 5.52 Å². The van der Waals surface area contributed by atoms with Gasteiger partial charge in [0.2, 0.25) is 5.78 Å². The van der Waals surface area contributed by atoms with Gasteiger partial charge in [0.1, 0.15) is 11.4 Å². The number of hydrogen-bond acceptors (Lipinski definition) is 5. The third-order valence-corrected chi connectivity index (χ3v) is 3.98. The summed E-state index contributed by atoms with van der Waals surface area (Å²) < 4.78 is 7.14. The predicted molar refractivity (Wildman–Crippen MR) is 90.9 cm³/mol. The van der Waals surface area contributed by atoms with Crippen molar-refractivity contribution in [2.45, 2.75) is 6.92 Å². The predicted octanol–water partition coefficient (Wildman–Crippen LogP) is -2.39. The number of rotatable bonds is 4. The fourth-order valence-corrected chi connectivity index (χ4v) is 2.85. The summed E-state index contributed by atoms with van der Waals surface area (Å²) in [6.45, 7) is 1.79. The molecule has 0 radical (unpaired) electrons. The Labute approximate surface area is 172 Å². The molecule has 0 saturated carbocycles. The molecule has 0 spiro atoms. The third kappa shape index (κ3) is 3.47. The molecule has 3 rings (SSSR count). The molecule has 0 atom stereocenters. The van der Waals surface area contributed by atoms with Crippen LogP contribution in [-0.2, 0) is 0 Å². The van der Waals surface area contributed by atoms with Crippen LogP contribution in [0.1, 0.15) is 32.0 Å². The average Bonchev–Trinajstić information content (AvgIpc) is 2.85. The normalized spacial score (nSPS) is 9.92.